The van der Waals surface area contributed by atoms with Gasteiger partial charge in [-0.15, -0.1) is 0 Å². The Labute approximate surface area is 109 Å². The van der Waals surface area contributed by atoms with Gasteiger partial charge in [0.2, 0.25) is 5.89 Å². The van der Waals surface area contributed by atoms with Crippen LogP contribution in [0.3, 0.4) is 0 Å². The smallest absolute Gasteiger partial charge is 0.375 e. The Morgan fingerprint density at radius 2 is 1.84 bits per heavy atom. The summed E-state index contributed by atoms with van der Waals surface area (Å²) < 4.78 is 9.11. The maximum atomic E-state index is 10.7. The van der Waals surface area contributed by atoms with Crippen molar-refractivity contribution >= 4 is 10.8 Å². The molecule has 0 spiro atoms. The number of hydrogen-bond acceptors (Lipinski definition) is 4. The van der Waals surface area contributed by atoms with E-state index in [0.29, 0.717) is 12.3 Å². The van der Waals surface area contributed by atoms with E-state index in [4.69, 9.17) is 4.42 Å². The molecular formula is C15H13NO3. The number of rotatable bonds is 4. The van der Waals surface area contributed by atoms with Crippen LogP contribution in [0.2, 0.25) is 0 Å². The summed E-state index contributed by atoms with van der Waals surface area (Å²) in [6.45, 7) is 0. The summed E-state index contributed by atoms with van der Waals surface area (Å²) in [5.41, 5.74) is 1.27. The van der Waals surface area contributed by atoms with Crippen molar-refractivity contribution in [3.8, 4) is 0 Å². The zero-order chi connectivity index (χ0) is 13.1. The first-order valence-electron chi connectivity index (χ1n) is 6.25. The van der Waals surface area contributed by atoms with Crippen LogP contribution in [0.15, 0.2) is 56.2 Å². The molecular weight excluding hydrogens is 242 g/mol. The van der Waals surface area contributed by atoms with E-state index in [1.165, 1.54) is 16.3 Å². The Bertz CT molecular complexity index is 742. The summed E-state index contributed by atoms with van der Waals surface area (Å²) in [6, 6.07) is 14.7. The number of nitrogens with zero attached hydrogens (tertiary/aromatic N) is 1. The van der Waals surface area contributed by atoms with Gasteiger partial charge in [-0.3, -0.25) is 4.52 Å². The van der Waals surface area contributed by atoms with Crippen LogP contribution >= 0.6 is 0 Å². The van der Waals surface area contributed by atoms with Crippen molar-refractivity contribution in [2.24, 2.45) is 0 Å². The van der Waals surface area contributed by atoms with Gasteiger partial charge in [0.05, 0.1) is 0 Å². The van der Waals surface area contributed by atoms with Gasteiger partial charge in [0.1, 0.15) is 0 Å². The van der Waals surface area contributed by atoms with Crippen LogP contribution in [0.25, 0.3) is 10.8 Å². The fraction of sp³-hybridized carbons (Fsp3) is 0.200. The monoisotopic (exact) mass is 255 g/mol. The van der Waals surface area contributed by atoms with E-state index >= 15 is 0 Å². The SMILES string of the molecule is O=c1onc(CCCc2ccc3ccccc3c2)o1. The third-order valence-corrected chi connectivity index (χ3v) is 3.09. The second-order valence-electron chi connectivity index (χ2n) is 4.46. The molecule has 0 unspecified atom stereocenters. The number of aryl methyl sites for hydroxylation is 2. The molecule has 0 saturated heterocycles. The maximum Gasteiger partial charge on any atom is 0.542 e. The summed E-state index contributed by atoms with van der Waals surface area (Å²) in [7, 11) is 0. The molecule has 1 aromatic heterocycles. The Kier molecular flexibility index (Phi) is 3.14. The van der Waals surface area contributed by atoms with Gasteiger partial charge >= 0.3 is 5.82 Å². The van der Waals surface area contributed by atoms with Crippen LogP contribution < -0.4 is 5.82 Å². The fourth-order valence-corrected chi connectivity index (χ4v) is 2.16. The third-order valence-electron chi connectivity index (χ3n) is 3.09. The van der Waals surface area contributed by atoms with E-state index in [9.17, 15) is 4.79 Å². The van der Waals surface area contributed by atoms with Gasteiger partial charge in [0.25, 0.3) is 0 Å². The minimum absolute atomic E-state index is 0.366. The van der Waals surface area contributed by atoms with E-state index in [1.807, 2.05) is 12.1 Å². The van der Waals surface area contributed by atoms with Gasteiger partial charge < -0.3 is 4.42 Å². The van der Waals surface area contributed by atoms with E-state index in [2.05, 4.69) is 40.0 Å². The van der Waals surface area contributed by atoms with Crippen LogP contribution in [0.5, 0.6) is 0 Å². The summed E-state index contributed by atoms with van der Waals surface area (Å²) in [4.78, 5) is 10.7. The lowest BCUT2D eigenvalue weighted by Gasteiger charge is -2.02. The Morgan fingerprint density at radius 1 is 1.00 bits per heavy atom. The molecule has 3 rings (SSSR count). The highest BCUT2D eigenvalue weighted by Gasteiger charge is 2.03. The molecule has 4 nitrogen and oxygen atoms in total. The highest BCUT2D eigenvalue weighted by Crippen LogP contribution is 2.17. The van der Waals surface area contributed by atoms with Crippen molar-refractivity contribution in [3.63, 3.8) is 0 Å². The van der Waals surface area contributed by atoms with Crippen molar-refractivity contribution in [3.05, 3.63) is 64.5 Å². The zero-order valence-corrected chi connectivity index (χ0v) is 10.3. The van der Waals surface area contributed by atoms with Crippen molar-refractivity contribution in [1.29, 1.82) is 0 Å². The molecule has 1 heterocycles. The molecule has 0 aliphatic rings. The molecule has 0 bridgehead atoms. The minimum atomic E-state index is -0.735. The van der Waals surface area contributed by atoms with Gasteiger partial charge in [0, 0.05) is 6.42 Å². The first-order valence-corrected chi connectivity index (χ1v) is 6.25. The van der Waals surface area contributed by atoms with Gasteiger partial charge in [-0.25, -0.2) is 4.79 Å². The number of aromatic nitrogens is 1. The molecule has 4 heteroatoms. The zero-order valence-electron chi connectivity index (χ0n) is 10.3. The summed E-state index contributed by atoms with van der Waals surface area (Å²) in [6.07, 6.45) is 2.40. The highest BCUT2D eigenvalue weighted by molar-refractivity contribution is 5.82. The first-order chi connectivity index (χ1) is 9.31. The van der Waals surface area contributed by atoms with Crippen molar-refractivity contribution < 1.29 is 8.94 Å². The van der Waals surface area contributed by atoms with Crippen LogP contribution in [0.1, 0.15) is 17.9 Å². The molecule has 0 radical (unpaired) electrons. The summed E-state index contributed by atoms with van der Waals surface area (Å²) in [5.74, 6) is -0.369. The molecule has 0 amide bonds. The number of benzene rings is 2. The highest BCUT2D eigenvalue weighted by atomic mass is 16.6. The van der Waals surface area contributed by atoms with Gasteiger partial charge in [-0.05, 0) is 34.3 Å². The maximum absolute atomic E-state index is 10.7. The predicted octanol–water partition coefficient (Wildman–Crippen LogP) is 2.96. The van der Waals surface area contributed by atoms with E-state index in [0.717, 1.165) is 12.8 Å². The molecule has 0 atom stereocenters. The molecule has 0 N–H and O–H groups in total. The molecule has 0 aliphatic carbocycles. The Balaban J connectivity index is 1.66. The average molecular weight is 255 g/mol. The Hall–Kier alpha value is -2.36. The van der Waals surface area contributed by atoms with E-state index < -0.39 is 5.82 Å². The lowest BCUT2D eigenvalue weighted by molar-refractivity contribution is 0.334. The van der Waals surface area contributed by atoms with Crippen molar-refractivity contribution in [2.45, 2.75) is 19.3 Å². The lowest BCUT2D eigenvalue weighted by atomic mass is 10.0. The largest absolute Gasteiger partial charge is 0.542 e. The van der Waals surface area contributed by atoms with Crippen molar-refractivity contribution in [2.75, 3.05) is 0 Å². The van der Waals surface area contributed by atoms with E-state index in [1.54, 1.807) is 0 Å². The standard InChI is InChI=1S/C15H13NO3/c17-15-18-14(16-19-15)7-3-4-11-8-9-12-5-1-2-6-13(12)10-11/h1-2,5-6,8-10H,3-4,7H2. The minimum Gasteiger partial charge on any atom is -0.375 e. The quantitative estimate of drug-likeness (QED) is 0.719. The average Bonchev–Trinajstić information content (AvgIpc) is 2.84. The van der Waals surface area contributed by atoms with Gasteiger partial charge in [0.15, 0.2) is 0 Å². The van der Waals surface area contributed by atoms with Crippen molar-refractivity contribution in [1.82, 2.24) is 5.16 Å². The van der Waals surface area contributed by atoms with E-state index in [-0.39, 0.29) is 0 Å². The van der Waals surface area contributed by atoms with Crippen LogP contribution in [0, 0.1) is 0 Å². The second-order valence-corrected chi connectivity index (χ2v) is 4.46. The first kappa shape index (κ1) is 11.7. The molecule has 19 heavy (non-hydrogen) atoms. The topological polar surface area (TPSA) is 56.2 Å². The second kappa shape index (κ2) is 5.10. The molecule has 0 saturated carbocycles. The molecule has 2 aromatic carbocycles. The molecule has 3 aromatic rings. The van der Waals surface area contributed by atoms with Crippen LogP contribution in [-0.2, 0) is 12.8 Å². The number of fused-ring (bicyclic) bond motifs is 1. The molecule has 0 fully saturated rings. The molecule has 0 aliphatic heterocycles. The van der Waals surface area contributed by atoms with Gasteiger partial charge in [-0.2, -0.15) is 0 Å². The Morgan fingerprint density at radius 3 is 2.63 bits per heavy atom. The van der Waals surface area contributed by atoms with Gasteiger partial charge in [-0.1, -0.05) is 42.5 Å². The van der Waals surface area contributed by atoms with Crippen LogP contribution in [0.4, 0.5) is 0 Å². The fourth-order valence-electron chi connectivity index (χ4n) is 2.16. The lowest BCUT2D eigenvalue weighted by Crippen LogP contribution is -1.91. The summed E-state index contributed by atoms with van der Waals surface area (Å²) >= 11 is 0. The third kappa shape index (κ3) is 2.73. The summed E-state index contributed by atoms with van der Waals surface area (Å²) in [5, 5.41) is 6.03. The normalized spacial score (nSPS) is 10.9. The predicted molar refractivity (Wildman–Crippen MR) is 71.0 cm³/mol. The number of hydrogen-bond donors (Lipinski definition) is 0. The molecule has 96 valence electrons. The van der Waals surface area contributed by atoms with Crippen LogP contribution in [-0.4, -0.2) is 5.16 Å².